The number of carbonyl (C=O) groups is 1. The molecular formula is C26H29N3O4. The molecule has 1 aliphatic rings. The monoisotopic (exact) mass is 447 g/mol. The van der Waals surface area contributed by atoms with Crippen LogP contribution in [0.5, 0.6) is 17.2 Å². The van der Waals surface area contributed by atoms with Crippen molar-refractivity contribution < 1.29 is 19.0 Å². The van der Waals surface area contributed by atoms with Crippen LogP contribution in [0.25, 0.3) is 11.1 Å². The molecule has 7 nitrogen and oxygen atoms in total. The molecule has 172 valence electrons. The first kappa shape index (κ1) is 22.6. The number of nitrogens with zero attached hydrogens (tertiary/aromatic N) is 2. The standard InChI is InChI=1S/C26H29N3O4/c1-29(2)12-13-32-25-16-19(18-8-10-27-11-9-18)4-6-23(25)28-26(30)21-14-20-15-22(31-3)5-7-24(20)33-17-21/h4-11,15-16,21H,12-14,17H2,1-3H3,(H,28,30). The van der Waals surface area contributed by atoms with Crippen LogP contribution in [0.4, 0.5) is 5.69 Å². The Bertz CT molecular complexity index is 1100. The van der Waals surface area contributed by atoms with E-state index in [4.69, 9.17) is 14.2 Å². The summed E-state index contributed by atoms with van der Waals surface area (Å²) in [7, 11) is 5.62. The van der Waals surface area contributed by atoms with Crippen molar-refractivity contribution >= 4 is 11.6 Å². The minimum Gasteiger partial charge on any atom is -0.497 e. The Morgan fingerprint density at radius 3 is 2.70 bits per heavy atom. The Balaban J connectivity index is 1.52. The van der Waals surface area contributed by atoms with E-state index < -0.39 is 0 Å². The van der Waals surface area contributed by atoms with E-state index in [2.05, 4.69) is 15.2 Å². The van der Waals surface area contributed by atoms with Crippen molar-refractivity contribution in [3.63, 3.8) is 0 Å². The van der Waals surface area contributed by atoms with Gasteiger partial charge in [-0.1, -0.05) is 6.07 Å². The molecule has 1 amide bonds. The van der Waals surface area contributed by atoms with Crippen molar-refractivity contribution in [1.29, 1.82) is 0 Å². The quantitative estimate of drug-likeness (QED) is 0.565. The number of fused-ring (bicyclic) bond motifs is 1. The maximum atomic E-state index is 13.1. The van der Waals surface area contributed by atoms with E-state index in [1.807, 2.05) is 62.6 Å². The summed E-state index contributed by atoms with van der Waals surface area (Å²) >= 11 is 0. The van der Waals surface area contributed by atoms with E-state index >= 15 is 0 Å². The summed E-state index contributed by atoms with van der Waals surface area (Å²) in [6, 6.07) is 15.4. The fourth-order valence-corrected chi connectivity index (χ4v) is 3.71. The zero-order chi connectivity index (χ0) is 23.2. The van der Waals surface area contributed by atoms with Gasteiger partial charge in [0.2, 0.25) is 5.91 Å². The number of ether oxygens (including phenoxy) is 3. The normalized spacial score (nSPS) is 14.8. The molecule has 2 heterocycles. The van der Waals surface area contributed by atoms with E-state index in [1.54, 1.807) is 19.5 Å². The lowest BCUT2D eigenvalue weighted by atomic mass is 9.95. The number of nitrogens with one attached hydrogen (secondary N) is 1. The Hall–Kier alpha value is -3.58. The Kier molecular flexibility index (Phi) is 7.10. The first-order valence-corrected chi connectivity index (χ1v) is 11.0. The summed E-state index contributed by atoms with van der Waals surface area (Å²) in [5.74, 6) is 1.78. The predicted octanol–water partition coefficient (Wildman–Crippen LogP) is 3.89. The smallest absolute Gasteiger partial charge is 0.231 e. The second kappa shape index (κ2) is 10.4. The molecule has 1 atom stereocenters. The lowest BCUT2D eigenvalue weighted by Gasteiger charge is -2.25. The molecule has 2 aromatic carbocycles. The van der Waals surface area contributed by atoms with Gasteiger partial charge in [0.15, 0.2) is 0 Å². The van der Waals surface area contributed by atoms with Gasteiger partial charge in [0, 0.05) is 18.9 Å². The average molecular weight is 448 g/mol. The Morgan fingerprint density at radius 1 is 1.12 bits per heavy atom. The minimum absolute atomic E-state index is 0.0995. The summed E-state index contributed by atoms with van der Waals surface area (Å²) in [4.78, 5) is 19.3. The van der Waals surface area contributed by atoms with Crippen molar-refractivity contribution in [2.24, 2.45) is 5.92 Å². The van der Waals surface area contributed by atoms with Gasteiger partial charge in [0.05, 0.1) is 18.7 Å². The number of benzene rings is 2. The molecule has 3 aromatic rings. The zero-order valence-electron chi connectivity index (χ0n) is 19.2. The molecule has 1 aliphatic heterocycles. The number of amides is 1. The van der Waals surface area contributed by atoms with Crippen molar-refractivity contribution in [3.8, 4) is 28.4 Å². The van der Waals surface area contributed by atoms with Crippen molar-refractivity contribution in [3.05, 3.63) is 66.5 Å². The number of hydrogen-bond acceptors (Lipinski definition) is 6. The van der Waals surface area contributed by atoms with Crippen LogP contribution in [0.1, 0.15) is 5.56 Å². The second-order valence-corrected chi connectivity index (χ2v) is 8.27. The largest absolute Gasteiger partial charge is 0.497 e. The molecule has 0 fully saturated rings. The van der Waals surface area contributed by atoms with Gasteiger partial charge < -0.3 is 24.4 Å². The first-order chi connectivity index (χ1) is 16.0. The van der Waals surface area contributed by atoms with Gasteiger partial charge >= 0.3 is 0 Å². The highest BCUT2D eigenvalue weighted by Crippen LogP contribution is 2.34. The molecule has 4 rings (SSSR count). The first-order valence-electron chi connectivity index (χ1n) is 11.0. The molecule has 1 aromatic heterocycles. The molecule has 0 aliphatic carbocycles. The molecule has 33 heavy (non-hydrogen) atoms. The Morgan fingerprint density at radius 2 is 1.94 bits per heavy atom. The van der Waals surface area contributed by atoms with Gasteiger partial charge in [-0.2, -0.15) is 0 Å². The summed E-state index contributed by atoms with van der Waals surface area (Å²) in [6.45, 7) is 1.61. The van der Waals surface area contributed by atoms with E-state index in [0.29, 0.717) is 31.1 Å². The molecule has 7 heteroatoms. The van der Waals surface area contributed by atoms with Gasteiger partial charge in [0.25, 0.3) is 0 Å². The van der Waals surface area contributed by atoms with Gasteiger partial charge in [-0.25, -0.2) is 0 Å². The number of likely N-dealkylation sites (N-methyl/N-ethyl adjacent to an activating group) is 1. The predicted molar refractivity (Wildman–Crippen MR) is 128 cm³/mol. The number of anilines is 1. The van der Waals surface area contributed by atoms with Gasteiger partial charge in [-0.3, -0.25) is 9.78 Å². The molecule has 0 spiro atoms. The average Bonchev–Trinajstić information content (AvgIpc) is 2.84. The van der Waals surface area contributed by atoms with Gasteiger partial charge in [-0.15, -0.1) is 0 Å². The molecule has 1 unspecified atom stereocenters. The van der Waals surface area contributed by atoms with Crippen LogP contribution in [-0.2, 0) is 11.2 Å². The molecule has 0 saturated heterocycles. The number of hydrogen-bond donors (Lipinski definition) is 1. The van der Waals surface area contributed by atoms with Crippen LogP contribution in [0.2, 0.25) is 0 Å². The second-order valence-electron chi connectivity index (χ2n) is 8.27. The SMILES string of the molecule is COc1ccc2c(c1)CC(C(=O)Nc1ccc(-c3ccncc3)cc1OCCN(C)C)CO2. The molecule has 0 radical (unpaired) electrons. The fourth-order valence-electron chi connectivity index (χ4n) is 3.71. The van der Waals surface area contributed by atoms with Crippen LogP contribution in [0, 0.1) is 5.92 Å². The van der Waals surface area contributed by atoms with Crippen molar-refractivity contribution in [1.82, 2.24) is 9.88 Å². The third kappa shape index (κ3) is 5.62. The van der Waals surface area contributed by atoms with Crippen molar-refractivity contribution in [2.75, 3.05) is 46.3 Å². The van der Waals surface area contributed by atoms with Crippen LogP contribution in [-0.4, -0.2) is 56.8 Å². The summed E-state index contributed by atoms with van der Waals surface area (Å²) in [5, 5.41) is 3.06. The van der Waals surface area contributed by atoms with Crippen LogP contribution in [0.15, 0.2) is 60.9 Å². The highest BCUT2D eigenvalue weighted by molar-refractivity contribution is 5.95. The zero-order valence-corrected chi connectivity index (χ0v) is 19.2. The number of carbonyl (C=O) groups excluding carboxylic acids is 1. The van der Waals surface area contributed by atoms with E-state index in [9.17, 15) is 4.79 Å². The maximum absolute atomic E-state index is 13.1. The van der Waals surface area contributed by atoms with Crippen LogP contribution < -0.4 is 19.5 Å². The summed E-state index contributed by atoms with van der Waals surface area (Å²) < 4.78 is 17.2. The van der Waals surface area contributed by atoms with Crippen LogP contribution in [0.3, 0.4) is 0 Å². The number of methoxy groups -OCH3 is 1. The summed E-state index contributed by atoms with van der Waals surface area (Å²) in [6.07, 6.45) is 4.10. The molecular weight excluding hydrogens is 418 g/mol. The van der Waals surface area contributed by atoms with E-state index in [1.165, 1.54) is 0 Å². The van der Waals surface area contributed by atoms with E-state index in [-0.39, 0.29) is 11.8 Å². The highest BCUT2D eigenvalue weighted by atomic mass is 16.5. The van der Waals surface area contributed by atoms with Gasteiger partial charge in [-0.05, 0) is 79.7 Å². The lowest BCUT2D eigenvalue weighted by Crippen LogP contribution is -2.32. The Labute approximate surface area is 194 Å². The summed E-state index contributed by atoms with van der Waals surface area (Å²) in [5.41, 5.74) is 3.65. The van der Waals surface area contributed by atoms with Crippen molar-refractivity contribution in [2.45, 2.75) is 6.42 Å². The highest BCUT2D eigenvalue weighted by Gasteiger charge is 2.27. The third-order valence-corrected chi connectivity index (χ3v) is 5.59. The molecule has 1 N–H and O–H groups in total. The lowest BCUT2D eigenvalue weighted by molar-refractivity contribution is -0.121. The minimum atomic E-state index is -0.306. The molecule has 0 saturated carbocycles. The molecule has 0 bridgehead atoms. The maximum Gasteiger partial charge on any atom is 0.231 e. The van der Waals surface area contributed by atoms with Gasteiger partial charge in [0.1, 0.15) is 30.5 Å². The topological polar surface area (TPSA) is 72.9 Å². The van der Waals surface area contributed by atoms with Crippen LogP contribution >= 0.6 is 0 Å². The third-order valence-electron chi connectivity index (χ3n) is 5.59. The van der Waals surface area contributed by atoms with E-state index in [0.717, 1.165) is 34.7 Å². The number of pyridine rings is 1. The number of aromatic nitrogens is 1. The fraction of sp³-hybridized carbons (Fsp3) is 0.308. The number of rotatable bonds is 8.